The van der Waals surface area contributed by atoms with Gasteiger partial charge in [0, 0.05) is 6.20 Å². The van der Waals surface area contributed by atoms with Gasteiger partial charge in [0.2, 0.25) is 16.0 Å². The molecule has 0 spiro atoms. The molecule has 0 aliphatic heterocycles. The van der Waals surface area contributed by atoms with Crippen LogP contribution in [0, 0.1) is 11.3 Å². The molecule has 5 aromatic rings. The van der Waals surface area contributed by atoms with Gasteiger partial charge < -0.3 is 11.1 Å². The molecule has 12 nitrogen and oxygen atoms in total. The summed E-state index contributed by atoms with van der Waals surface area (Å²) in [5.41, 5.74) is 7.74. The molecule has 3 aromatic heterocycles. The molecule has 0 aliphatic rings. The van der Waals surface area contributed by atoms with Crippen molar-refractivity contribution in [1.29, 1.82) is 5.26 Å². The SMILES string of the molecule is C[C@@H](Nc1nc(N)ncc1C#N)c1nc2cccc(-c3ccnc(NS(C)(=O)=O)c3)c2c(=O)n1-c1ccccc1. The molecule has 2 aromatic carbocycles. The van der Waals surface area contributed by atoms with Gasteiger partial charge in [0.1, 0.15) is 29.1 Å². The van der Waals surface area contributed by atoms with E-state index in [0.29, 0.717) is 33.5 Å². The Kier molecular flexibility index (Phi) is 6.85. The van der Waals surface area contributed by atoms with Gasteiger partial charge in [-0.2, -0.15) is 10.2 Å². The molecule has 0 amide bonds. The number of nitriles is 1. The highest BCUT2D eigenvalue weighted by molar-refractivity contribution is 7.92. The number of benzene rings is 2. The lowest BCUT2D eigenvalue weighted by Crippen LogP contribution is -2.28. The first-order chi connectivity index (χ1) is 19.1. The monoisotopic (exact) mass is 553 g/mol. The quantitative estimate of drug-likeness (QED) is 0.270. The van der Waals surface area contributed by atoms with E-state index in [1.807, 2.05) is 24.3 Å². The molecule has 4 N–H and O–H groups in total. The Balaban J connectivity index is 1.72. The Labute approximate surface area is 229 Å². The molecule has 0 aliphatic carbocycles. The van der Waals surface area contributed by atoms with Crippen LogP contribution in [0.15, 0.2) is 77.9 Å². The third kappa shape index (κ3) is 5.29. The molecule has 0 unspecified atom stereocenters. The molecule has 1 atom stereocenters. The van der Waals surface area contributed by atoms with E-state index in [2.05, 4.69) is 25.0 Å². The molecular weight excluding hydrogens is 530 g/mol. The largest absolute Gasteiger partial charge is 0.368 e. The van der Waals surface area contributed by atoms with Crippen molar-refractivity contribution in [3.05, 3.63) is 94.8 Å². The summed E-state index contributed by atoms with van der Waals surface area (Å²) < 4.78 is 27.4. The van der Waals surface area contributed by atoms with Gasteiger partial charge in [0.25, 0.3) is 5.56 Å². The van der Waals surface area contributed by atoms with Crippen LogP contribution in [0.4, 0.5) is 17.6 Å². The molecule has 200 valence electrons. The van der Waals surface area contributed by atoms with Crippen LogP contribution in [0.5, 0.6) is 0 Å². The van der Waals surface area contributed by atoms with Crippen LogP contribution >= 0.6 is 0 Å². The zero-order valence-corrected chi connectivity index (χ0v) is 22.2. The van der Waals surface area contributed by atoms with Crippen LogP contribution < -0.4 is 21.3 Å². The minimum Gasteiger partial charge on any atom is -0.368 e. The number of pyridine rings is 1. The first-order valence-corrected chi connectivity index (χ1v) is 13.9. The van der Waals surface area contributed by atoms with Crippen molar-refractivity contribution in [2.75, 3.05) is 22.0 Å². The molecule has 3 heterocycles. The van der Waals surface area contributed by atoms with Crippen LogP contribution in [0.2, 0.25) is 0 Å². The molecule has 5 rings (SSSR count). The van der Waals surface area contributed by atoms with Crippen LogP contribution in [-0.4, -0.2) is 39.2 Å². The number of aromatic nitrogens is 5. The van der Waals surface area contributed by atoms with E-state index in [1.54, 1.807) is 49.4 Å². The minimum atomic E-state index is -3.55. The van der Waals surface area contributed by atoms with Gasteiger partial charge >= 0.3 is 0 Å². The van der Waals surface area contributed by atoms with E-state index in [-0.39, 0.29) is 28.7 Å². The first-order valence-electron chi connectivity index (χ1n) is 12.0. The number of sulfonamides is 1. The van der Waals surface area contributed by atoms with Gasteiger partial charge in [-0.3, -0.25) is 14.1 Å². The number of hydrogen-bond donors (Lipinski definition) is 3. The average Bonchev–Trinajstić information content (AvgIpc) is 2.92. The molecule has 0 fully saturated rings. The van der Waals surface area contributed by atoms with E-state index in [1.165, 1.54) is 17.0 Å². The maximum atomic E-state index is 14.3. The number of nitrogens with one attached hydrogen (secondary N) is 2. The number of fused-ring (bicyclic) bond motifs is 1. The molecule has 0 saturated carbocycles. The maximum Gasteiger partial charge on any atom is 0.266 e. The molecule has 0 radical (unpaired) electrons. The summed E-state index contributed by atoms with van der Waals surface area (Å²) in [4.78, 5) is 31.2. The van der Waals surface area contributed by atoms with Gasteiger partial charge in [-0.25, -0.2) is 23.4 Å². The smallest absolute Gasteiger partial charge is 0.266 e. The summed E-state index contributed by atoms with van der Waals surface area (Å²) in [7, 11) is -3.55. The Bertz CT molecular complexity index is 1950. The Hall–Kier alpha value is -5.35. The van der Waals surface area contributed by atoms with Crippen LogP contribution in [-0.2, 0) is 10.0 Å². The standard InChI is InChI=1S/C27H23N9O3S/c1-16(32-24-18(14-28)15-31-27(29)34-24)25-33-21-10-6-9-20(17-11-12-30-22(13-17)35-40(2,38)39)23(21)26(37)36(25)19-7-4-3-5-8-19/h3-13,15-16H,1-2H3,(H,30,35)(H3,29,31,32,34)/t16-/m1/s1. The minimum absolute atomic E-state index is 0.00709. The predicted molar refractivity (Wildman–Crippen MR) is 152 cm³/mol. The third-order valence-electron chi connectivity index (χ3n) is 5.97. The molecule has 0 bridgehead atoms. The number of hydrogen-bond acceptors (Lipinski definition) is 10. The van der Waals surface area contributed by atoms with Gasteiger partial charge in [-0.1, -0.05) is 30.3 Å². The predicted octanol–water partition coefficient (Wildman–Crippen LogP) is 3.24. The number of anilines is 3. The van der Waals surface area contributed by atoms with Crippen molar-refractivity contribution in [3.8, 4) is 22.9 Å². The normalized spacial score (nSPS) is 12.0. The van der Waals surface area contributed by atoms with E-state index in [0.717, 1.165) is 6.26 Å². The van der Waals surface area contributed by atoms with E-state index in [9.17, 15) is 18.5 Å². The molecule has 40 heavy (non-hydrogen) atoms. The van der Waals surface area contributed by atoms with Crippen molar-refractivity contribution < 1.29 is 8.42 Å². The van der Waals surface area contributed by atoms with Crippen LogP contribution in [0.1, 0.15) is 24.4 Å². The summed E-state index contributed by atoms with van der Waals surface area (Å²) in [6.07, 6.45) is 3.82. The lowest BCUT2D eigenvalue weighted by Gasteiger charge is -2.21. The lowest BCUT2D eigenvalue weighted by molar-refractivity contribution is 0.606. The van der Waals surface area contributed by atoms with E-state index >= 15 is 0 Å². The second kappa shape index (κ2) is 10.4. The Morgan fingerprint density at radius 3 is 2.55 bits per heavy atom. The van der Waals surface area contributed by atoms with Crippen molar-refractivity contribution in [2.24, 2.45) is 0 Å². The van der Waals surface area contributed by atoms with E-state index < -0.39 is 16.1 Å². The zero-order chi connectivity index (χ0) is 28.4. The highest BCUT2D eigenvalue weighted by Crippen LogP contribution is 2.29. The van der Waals surface area contributed by atoms with Crippen molar-refractivity contribution in [1.82, 2.24) is 24.5 Å². The first kappa shape index (κ1) is 26.3. The summed E-state index contributed by atoms with van der Waals surface area (Å²) in [6, 6.07) is 19.0. The number of para-hydroxylation sites is 1. The zero-order valence-electron chi connectivity index (χ0n) is 21.4. The number of nitrogen functional groups attached to an aromatic ring is 1. The van der Waals surface area contributed by atoms with Crippen LogP contribution in [0.3, 0.4) is 0 Å². The van der Waals surface area contributed by atoms with Crippen molar-refractivity contribution in [3.63, 3.8) is 0 Å². The van der Waals surface area contributed by atoms with E-state index in [4.69, 9.17) is 10.7 Å². The third-order valence-corrected chi connectivity index (χ3v) is 6.55. The van der Waals surface area contributed by atoms with Gasteiger partial charge in [0.15, 0.2) is 0 Å². The second-order valence-corrected chi connectivity index (χ2v) is 10.7. The fourth-order valence-corrected chi connectivity index (χ4v) is 4.80. The summed E-state index contributed by atoms with van der Waals surface area (Å²) in [6.45, 7) is 1.79. The average molecular weight is 554 g/mol. The fraction of sp³-hybridized carbons (Fsp3) is 0.111. The van der Waals surface area contributed by atoms with Gasteiger partial charge in [-0.15, -0.1) is 0 Å². The summed E-state index contributed by atoms with van der Waals surface area (Å²) in [5.74, 6) is 0.705. The highest BCUT2D eigenvalue weighted by atomic mass is 32.2. The van der Waals surface area contributed by atoms with Crippen molar-refractivity contribution >= 4 is 38.5 Å². The fourth-order valence-electron chi connectivity index (χ4n) is 4.31. The van der Waals surface area contributed by atoms with Gasteiger partial charge in [-0.05, 0) is 48.4 Å². The maximum absolute atomic E-state index is 14.3. The summed E-state index contributed by atoms with van der Waals surface area (Å²) in [5, 5.41) is 13.0. The molecule has 13 heteroatoms. The molecular formula is C27H23N9O3S. The van der Waals surface area contributed by atoms with Crippen molar-refractivity contribution in [2.45, 2.75) is 13.0 Å². The topological polar surface area (TPSA) is 182 Å². The van der Waals surface area contributed by atoms with Gasteiger partial charge in [0.05, 0.1) is 35.1 Å². The molecule has 0 saturated heterocycles. The number of nitrogens with zero attached hydrogens (tertiary/aromatic N) is 6. The number of nitrogens with two attached hydrogens (primary N) is 1. The lowest BCUT2D eigenvalue weighted by atomic mass is 10.0. The summed E-state index contributed by atoms with van der Waals surface area (Å²) >= 11 is 0. The second-order valence-electron chi connectivity index (χ2n) is 8.92. The Morgan fingerprint density at radius 2 is 1.82 bits per heavy atom. The number of rotatable bonds is 7. The van der Waals surface area contributed by atoms with Crippen LogP contribution in [0.25, 0.3) is 27.7 Å². The Morgan fingerprint density at radius 1 is 1.05 bits per heavy atom. The highest BCUT2D eigenvalue weighted by Gasteiger charge is 2.22.